The minimum absolute atomic E-state index is 0.0172. The molecule has 4 rings (SSSR count). The van der Waals surface area contributed by atoms with Gasteiger partial charge in [-0.15, -0.1) is 0 Å². The van der Waals surface area contributed by atoms with Crippen molar-refractivity contribution in [1.82, 2.24) is 14.8 Å². The van der Waals surface area contributed by atoms with Crippen LogP contribution in [0.5, 0.6) is 0 Å². The van der Waals surface area contributed by atoms with E-state index in [1.807, 2.05) is 70.1 Å². The van der Waals surface area contributed by atoms with E-state index in [9.17, 15) is 14.4 Å². The number of ether oxygens (including phenoxy) is 1. The fourth-order valence-corrected chi connectivity index (χ4v) is 4.49. The molecule has 0 radical (unpaired) electrons. The Labute approximate surface area is 230 Å². The van der Waals surface area contributed by atoms with E-state index in [1.54, 1.807) is 39.2 Å². The van der Waals surface area contributed by atoms with Crippen molar-refractivity contribution in [2.45, 2.75) is 52.3 Å². The zero-order valence-electron chi connectivity index (χ0n) is 22.9. The molecular formula is C31H38N4O4. The molecule has 39 heavy (non-hydrogen) atoms. The summed E-state index contributed by atoms with van der Waals surface area (Å²) in [4.78, 5) is 41.4. The Hall–Kier alpha value is -3.91. The molecule has 3 aromatic rings. The normalized spacial score (nSPS) is 15.0. The van der Waals surface area contributed by atoms with Gasteiger partial charge in [0.2, 0.25) is 17.7 Å². The van der Waals surface area contributed by atoms with E-state index in [1.165, 1.54) is 0 Å². The van der Waals surface area contributed by atoms with Gasteiger partial charge < -0.3 is 24.8 Å². The molecule has 2 heterocycles. The summed E-state index contributed by atoms with van der Waals surface area (Å²) >= 11 is 0. The van der Waals surface area contributed by atoms with Crippen LogP contribution in [0.3, 0.4) is 0 Å². The van der Waals surface area contributed by atoms with Crippen LogP contribution >= 0.6 is 0 Å². The number of likely N-dealkylation sites (tertiary alicyclic amines) is 1. The first-order valence-electron chi connectivity index (χ1n) is 13.5. The Balaban J connectivity index is 1.48. The quantitative estimate of drug-likeness (QED) is 0.407. The highest BCUT2D eigenvalue weighted by Crippen LogP contribution is 2.25. The van der Waals surface area contributed by atoms with E-state index < -0.39 is 17.5 Å². The summed E-state index contributed by atoms with van der Waals surface area (Å²) in [6.07, 6.45) is 5.58. The van der Waals surface area contributed by atoms with Crippen LogP contribution in [-0.4, -0.2) is 52.9 Å². The van der Waals surface area contributed by atoms with E-state index in [0.29, 0.717) is 12.3 Å². The predicted octanol–water partition coefficient (Wildman–Crippen LogP) is 4.39. The van der Waals surface area contributed by atoms with E-state index in [4.69, 9.17) is 4.74 Å². The number of nitrogens with one attached hydrogen (secondary N) is 2. The van der Waals surface area contributed by atoms with Crippen molar-refractivity contribution in [3.05, 3.63) is 90.3 Å². The number of hydrogen-bond donors (Lipinski definition) is 2. The third kappa shape index (κ3) is 7.57. The predicted molar refractivity (Wildman–Crippen MR) is 151 cm³/mol. The number of rotatable bonds is 10. The molecule has 1 aliphatic heterocycles. The van der Waals surface area contributed by atoms with Crippen LogP contribution in [0.15, 0.2) is 79.1 Å². The van der Waals surface area contributed by atoms with Gasteiger partial charge in [-0.3, -0.25) is 14.4 Å². The highest BCUT2D eigenvalue weighted by atomic mass is 16.5. The van der Waals surface area contributed by atoms with Gasteiger partial charge in [-0.2, -0.15) is 0 Å². The van der Waals surface area contributed by atoms with Gasteiger partial charge in [-0.1, -0.05) is 81.4 Å². The maximum absolute atomic E-state index is 13.5. The van der Waals surface area contributed by atoms with Gasteiger partial charge >= 0.3 is 0 Å². The van der Waals surface area contributed by atoms with Gasteiger partial charge in [0.25, 0.3) is 0 Å². The minimum atomic E-state index is -0.889. The minimum Gasteiger partial charge on any atom is -0.374 e. The van der Waals surface area contributed by atoms with Crippen LogP contribution in [-0.2, 0) is 25.7 Å². The van der Waals surface area contributed by atoms with Crippen LogP contribution in [0.4, 0.5) is 5.69 Å². The summed E-state index contributed by atoms with van der Waals surface area (Å²) in [6.45, 7) is 7.24. The Morgan fingerprint density at radius 1 is 0.923 bits per heavy atom. The molecule has 1 saturated heterocycles. The smallest absolute Gasteiger partial charge is 0.250 e. The van der Waals surface area contributed by atoms with Gasteiger partial charge in [0.05, 0.1) is 18.9 Å². The second-order valence-corrected chi connectivity index (χ2v) is 11.0. The lowest BCUT2D eigenvalue weighted by Gasteiger charge is -2.25. The van der Waals surface area contributed by atoms with Crippen LogP contribution in [0.1, 0.15) is 50.8 Å². The Kier molecular flexibility index (Phi) is 9.19. The maximum Gasteiger partial charge on any atom is 0.250 e. The zero-order valence-corrected chi connectivity index (χ0v) is 22.9. The number of nitrogens with zero attached hydrogens (tertiary/aromatic N) is 2. The molecule has 2 atom stereocenters. The molecule has 0 spiro atoms. The standard InChI is InChI=1S/C31H38N4O4/c1-31(2,3)30(38)33-26(22-39-21-23-12-6-4-7-13-23)28(36)32-25-16-19-35(20-25)27(24-14-8-5-9-15-24)29(37)34-17-10-11-18-34/h4-9,12-16,19-20,26-27H,10-11,17-18,21-22H2,1-3H3,(H,32,36)(H,33,38). The van der Waals surface area contributed by atoms with Gasteiger partial charge in [0.15, 0.2) is 0 Å². The lowest BCUT2D eigenvalue weighted by molar-refractivity contribution is -0.133. The largest absolute Gasteiger partial charge is 0.374 e. The molecule has 1 aliphatic rings. The van der Waals surface area contributed by atoms with Crippen molar-refractivity contribution in [1.29, 1.82) is 0 Å². The SMILES string of the molecule is CC(C)(C)C(=O)NC(COCc1ccccc1)C(=O)Nc1ccn(C(C(=O)N2CCCC2)c2ccccc2)c1. The first kappa shape index (κ1) is 28.1. The van der Waals surface area contributed by atoms with Crippen LogP contribution in [0, 0.1) is 5.41 Å². The number of benzene rings is 2. The molecular weight excluding hydrogens is 492 g/mol. The highest BCUT2D eigenvalue weighted by molar-refractivity contribution is 5.98. The average Bonchev–Trinajstić information content (AvgIpc) is 3.62. The average molecular weight is 531 g/mol. The summed E-state index contributed by atoms with van der Waals surface area (Å²) in [6, 6.07) is 19.7. The van der Waals surface area contributed by atoms with Crippen molar-refractivity contribution in [2.75, 3.05) is 25.0 Å². The fraction of sp³-hybridized carbons (Fsp3) is 0.387. The van der Waals surface area contributed by atoms with Crippen LogP contribution < -0.4 is 10.6 Å². The summed E-state index contributed by atoms with van der Waals surface area (Å²) in [7, 11) is 0. The fourth-order valence-electron chi connectivity index (χ4n) is 4.49. The number of anilines is 1. The molecule has 0 aliphatic carbocycles. The summed E-state index contributed by atoms with van der Waals surface area (Å²) in [5.74, 6) is -0.596. The second-order valence-electron chi connectivity index (χ2n) is 11.0. The Morgan fingerprint density at radius 3 is 2.21 bits per heavy atom. The molecule has 2 N–H and O–H groups in total. The second kappa shape index (κ2) is 12.8. The Bertz CT molecular complexity index is 1240. The van der Waals surface area contributed by atoms with Crippen molar-refractivity contribution in [3.8, 4) is 0 Å². The first-order valence-corrected chi connectivity index (χ1v) is 13.5. The third-order valence-corrected chi connectivity index (χ3v) is 6.75. The molecule has 3 amide bonds. The summed E-state index contributed by atoms with van der Waals surface area (Å²) < 4.78 is 7.65. The number of carbonyl (C=O) groups is 3. The molecule has 8 nitrogen and oxygen atoms in total. The van der Waals surface area contributed by atoms with Gasteiger partial charge in [0, 0.05) is 30.9 Å². The number of carbonyl (C=O) groups excluding carboxylic acids is 3. The summed E-state index contributed by atoms with van der Waals surface area (Å²) in [5, 5.41) is 5.73. The van der Waals surface area contributed by atoms with Crippen LogP contribution in [0.2, 0.25) is 0 Å². The maximum atomic E-state index is 13.5. The highest BCUT2D eigenvalue weighted by Gasteiger charge is 2.30. The van der Waals surface area contributed by atoms with E-state index in [0.717, 1.165) is 37.1 Å². The zero-order chi connectivity index (χ0) is 27.8. The van der Waals surface area contributed by atoms with Crippen molar-refractivity contribution in [3.63, 3.8) is 0 Å². The molecule has 206 valence electrons. The van der Waals surface area contributed by atoms with E-state index in [2.05, 4.69) is 10.6 Å². The first-order chi connectivity index (χ1) is 18.7. The van der Waals surface area contributed by atoms with Crippen molar-refractivity contribution in [2.24, 2.45) is 5.41 Å². The molecule has 0 bridgehead atoms. The topological polar surface area (TPSA) is 92.7 Å². The van der Waals surface area contributed by atoms with E-state index in [-0.39, 0.29) is 24.3 Å². The van der Waals surface area contributed by atoms with Gasteiger partial charge in [0.1, 0.15) is 12.1 Å². The molecule has 0 saturated carbocycles. The third-order valence-electron chi connectivity index (χ3n) is 6.75. The number of hydrogen-bond acceptors (Lipinski definition) is 4. The molecule has 1 fully saturated rings. The number of amides is 3. The van der Waals surface area contributed by atoms with Crippen molar-refractivity contribution >= 4 is 23.4 Å². The van der Waals surface area contributed by atoms with Gasteiger partial charge in [-0.25, -0.2) is 0 Å². The van der Waals surface area contributed by atoms with Gasteiger partial charge in [-0.05, 0) is 30.0 Å². The Morgan fingerprint density at radius 2 is 1.56 bits per heavy atom. The molecule has 8 heteroatoms. The lowest BCUT2D eigenvalue weighted by atomic mass is 9.95. The van der Waals surface area contributed by atoms with E-state index >= 15 is 0 Å². The number of aromatic nitrogens is 1. The van der Waals surface area contributed by atoms with Crippen molar-refractivity contribution < 1.29 is 19.1 Å². The lowest BCUT2D eigenvalue weighted by Crippen LogP contribution is -2.50. The molecule has 2 aromatic carbocycles. The monoisotopic (exact) mass is 530 g/mol. The summed E-state index contributed by atoms with van der Waals surface area (Å²) in [5.41, 5.74) is 1.73. The molecule has 1 aromatic heterocycles. The van der Waals surface area contributed by atoms with Crippen LogP contribution in [0.25, 0.3) is 0 Å². The molecule has 2 unspecified atom stereocenters.